The number of para-hydroxylation sites is 1. The van der Waals surface area contributed by atoms with E-state index in [4.69, 9.17) is 14.8 Å². The quantitative estimate of drug-likeness (QED) is 0.190. The predicted molar refractivity (Wildman–Crippen MR) is 229 cm³/mol. The van der Waals surface area contributed by atoms with E-state index >= 15 is 0 Å². The zero-order chi connectivity index (χ0) is 43.9. The minimum Gasteiger partial charge on any atom is -0.374 e. The lowest BCUT2D eigenvalue weighted by Crippen LogP contribution is -2.61. The number of rotatable bonds is 10. The first-order chi connectivity index (χ1) is 31.0. The fourth-order valence-corrected chi connectivity index (χ4v) is 11.5. The van der Waals surface area contributed by atoms with Crippen molar-refractivity contribution in [3.05, 3.63) is 65.4 Å². The molecule has 4 aromatic heterocycles. The average molecular weight is 879 g/mol. The van der Waals surface area contributed by atoms with Crippen LogP contribution in [-0.2, 0) is 32.6 Å². The number of aryl methyl sites for hydroxylation is 1. The van der Waals surface area contributed by atoms with E-state index < -0.39 is 23.9 Å². The molecule has 19 heteroatoms. The fraction of sp³-hybridized carbons (Fsp3) is 0.556. The molecule has 2 N–H and O–H groups in total. The molecule has 0 radical (unpaired) electrons. The Morgan fingerprint density at radius 2 is 1.84 bits per heavy atom. The molecular weight excluding hydrogens is 827 g/mol. The third kappa shape index (κ3) is 7.29. The van der Waals surface area contributed by atoms with E-state index in [1.807, 2.05) is 34.8 Å². The molecule has 3 atom stereocenters. The van der Waals surface area contributed by atoms with Crippen molar-refractivity contribution in [3.63, 3.8) is 0 Å². The van der Waals surface area contributed by atoms with Crippen LogP contribution in [-0.4, -0.2) is 126 Å². The first kappa shape index (κ1) is 40.9. The zero-order valence-electron chi connectivity index (χ0n) is 35.8. The van der Waals surface area contributed by atoms with Crippen LogP contribution in [0, 0.1) is 11.3 Å². The van der Waals surface area contributed by atoms with Crippen LogP contribution in [0.4, 0.5) is 20.3 Å². The van der Waals surface area contributed by atoms with Gasteiger partial charge in [0.1, 0.15) is 11.4 Å². The number of fused-ring (bicyclic) bond motifs is 4. The number of carbonyl (C=O) groups is 4. The van der Waals surface area contributed by atoms with E-state index in [2.05, 4.69) is 36.7 Å². The van der Waals surface area contributed by atoms with Gasteiger partial charge < -0.3 is 24.8 Å². The number of nitrogens with one attached hydrogen (secondary N) is 2. The third-order valence-electron chi connectivity index (χ3n) is 14.9. The molecule has 5 saturated heterocycles. The lowest BCUT2D eigenvalue weighted by molar-refractivity contribution is -0.142. The van der Waals surface area contributed by atoms with Gasteiger partial charge in [0.15, 0.2) is 11.3 Å². The van der Waals surface area contributed by atoms with E-state index in [0.717, 1.165) is 87.4 Å². The van der Waals surface area contributed by atoms with Crippen molar-refractivity contribution in [2.75, 3.05) is 56.1 Å². The number of likely N-dealkylation sites (tertiary alicyclic amines) is 2. The maximum absolute atomic E-state index is 14.3. The smallest absolute Gasteiger partial charge is 0.284 e. The number of ether oxygens (including phenoxy) is 1. The van der Waals surface area contributed by atoms with Gasteiger partial charge in [-0.25, -0.2) is 18.3 Å². The fourth-order valence-electron chi connectivity index (χ4n) is 11.5. The Morgan fingerprint density at radius 1 is 1.03 bits per heavy atom. The molecule has 11 rings (SSSR count). The standard InChI is InChI=1S/C45H52F2N12O5/c1-54-39-26(3-2-4-31(39)37(52-54)32-9-10-36(60)51-42(32)61)11-15-55-24-45(25-55)13-17-56(18-14-45)44(63)27-5-7-28(8-6-27)59-22-34(38(53-59)40(46)47)49-43(62)33-20-48-58-16-12-35(50-41(33)58)57-21-30-19-29(57)23-64-30/h2-4,12,16,20,22,27-30,32,40H,5-11,13-15,17-19,21,23-25H2,1H3,(H,49,62)(H,51,60,61)/t27?,28?,29-,30-,32?/m1/s1. The molecular formula is C45H52F2N12O5. The van der Waals surface area contributed by atoms with E-state index in [1.165, 1.54) is 27.2 Å². The summed E-state index contributed by atoms with van der Waals surface area (Å²) in [5.74, 6) is -0.756. The maximum atomic E-state index is 14.3. The summed E-state index contributed by atoms with van der Waals surface area (Å²) in [4.78, 5) is 63.2. The number of morpholine rings is 1. The molecule has 4 amide bonds. The molecule has 17 nitrogen and oxygen atoms in total. The number of hydrogen-bond donors (Lipinski definition) is 2. The summed E-state index contributed by atoms with van der Waals surface area (Å²) in [5.41, 5.74) is 3.13. The topological polar surface area (TPSA) is 177 Å². The Hall–Kier alpha value is -5.82. The highest BCUT2D eigenvalue weighted by molar-refractivity contribution is 6.08. The summed E-state index contributed by atoms with van der Waals surface area (Å²) in [7, 11) is 1.91. The number of amides is 4. The number of benzene rings is 1. The Kier molecular flexibility index (Phi) is 10.2. The second kappa shape index (κ2) is 16.0. The van der Waals surface area contributed by atoms with Gasteiger partial charge in [0.2, 0.25) is 17.7 Å². The van der Waals surface area contributed by atoms with Gasteiger partial charge in [-0.3, -0.25) is 33.9 Å². The van der Waals surface area contributed by atoms with Gasteiger partial charge in [0.05, 0.1) is 53.8 Å². The molecule has 1 aromatic carbocycles. The second-order valence-corrected chi connectivity index (χ2v) is 18.9. The molecule has 1 unspecified atom stereocenters. The Balaban J connectivity index is 0.663. The minimum absolute atomic E-state index is 0.0501. The monoisotopic (exact) mass is 878 g/mol. The van der Waals surface area contributed by atoms with Crippen molar-refractivity contribution in [2.24, 2.45) is 18.4 Å². The Bertz CT molecular complexity index is 2650. The van der Waals surface area contributed by atoms with Crippen LogP contribution in [0.1, 0.15) is 103 Å². The van der Waals surface area contributed by atoms with Gasteiger partial charge >= 0.3 is 0 Å². The highest BCUT2D eigenvalue weighted by Crippen LogP contribution is 2.43. The highest BCUT2D eigenvalue weighted by atomic mass is 19.3. The lowest BCUT2D eigenvalue weighted by atomic mass is 9.71. The molecule has 5 aromatic rings. The van der Waals surface area contributed by atoms with Gasteiger partial charge in [-0.1, -0.05) is 18.2 Å². The number of hydrogen-bond acceptors (Lipinski definition) is 11. The summed E-state index contributed by atoms with van der Waals surface area (Å²) in [5, 5.41) is 19.4. The molecule has 6 fully saturated rings. The number of piperidine rings is 2. The number of imide groups is 1. The van der Waals surface area contributed by atoms with Crippen molar-refractivity contribution in [3.8, 4) is 0 Å². The maximum Gasteiger partial charge on any atom is 0.284 e. The number of aromatic nitrogens is 7. The van der Waals surface area contributed by atoms with Crippen LogP contribution in [0.25, 0.3) is 16.6 Å². The number of nitrogens with zero attached hydrogens (tertiary/aromatic N) is 10. The summed E-state index contributed by atoms with van der Waals surface area (Å²) in [6.07, 6.45) is 8.93. The summed E-state index contributed by atoms with van der Waals surface area (Å²) < 4.78 is 39.3. The van der Waals surface area contributed by atoms with Gasteiger partial charge in [-0.15, -0.1) is 0 Å². The summed E-state index contributed by atoms with van der Waals surface area (Å²) >= 11 is 0. The molecule has 9 heterocycles. The lowest BCUT2D eigenvalue weighted by Gasteiger charge is -2.54. The van der Waals surface area contributed by atoms with Crippen LogP contribution >= 0.6 is 0 Å². The second-order valence-electron chi connectivity index (χ2n) is 18.9. The van der Waals surface area contributed by atoms with E-state index in [-0.39, 0.29) is 58.5 Å². The Labute approximate surface area is 367 Å². The number of alkyl halides is 2. The predicted octanol–water partition coefficient (Wildman–Crippen LogP) is 4.40. The molecule has 1 spiro atoms. The van der Waals surface area contributed by atoms with Crippen molar-refractivity contribution in [1.82, 2.24) is 49.3 Å². The first-order valence-electron chi connectivity index (χ1n) is 22.7. The molecule has 1 aliphatic carbocycles. The van der Waals surface area contributed by atoms with Crippen molar-refractivity contribution < 1.29 is 32.7 Å². The van der Waals surface area contributed by atoms with Gasteiger partial charge in [0, 0.05) is 76.4 Å². The van der Waals surface area contributed by atoms with E-state index in [1.54, 1.807) is 6.20 Å². The van der Waals surface area contributed by atoms with Crippen molar-refractivity contribution in [1.29, 1.82) is 0 Å². The van der Waals surface area contributed by atoms with Crippen LogP contribution in [0.2, 0.25) is 0 Å². The van der Waals surface area contributed by atoms with Crippen LogP contribution in [0.5, 0.6) is 0 Å². The molecule has 5 aliphatic heterocycles. The summed E-state index contributed by atoms with van der Waals surface area (Å²) in [6.45, 7) is 5.75. The first-order valence-corrected chi connectivity index (χ1v) is 22.7. The number of carbonyl (C=O) groups excluding carboxylic acids is 4. The largest absolute Gasteiger partial charge is 0.374 e. The van der Waals surface area contributed by atoms with Crippen LogP contribution in [0.15, 0.2) is 42.9 Å². The van der Waals surface area contributed by atoms with Gasteiger partial charge in [-0.05, 0) is 74.8 Å². The Morgan fingerprint density at radius 3 is 2.58 bits per heavy atom. The minimum atomic E-state index is -2.90. The van der Waals surface area contributed by atoms with Crippen molar-refractivity contribution in [2.45, 2.75) is 94.7 Å². The third-order valence-corrected chi connectivity index (χ3v) is 14.9. The molecule has 64 heavy (non-hydrogen) atoms. The molecule has 336 valence electrons. The zero-order valence-corrected chi connectivity index (χ0v) is 35.8. The van der Waals surface area contributed by atoms with Crippen LogP contribution in [0.3, 0.4) is 0 Å². The SMILES string of the molecule is Cn1nc(C2CCC(=O)NC2=O)c2cccc(CCN3CC4(CCN(C(=O)C5CCC(n6cc(NC(=O)c7cnn8ccc(N9C[C@H]%10C[C@@H]9CO%10)nc78)c(C(F)F)n6)CC5)CC4)C3)c21. The summed E-state index contributed by atoms with van der Waals surface area (Å²) in [6, 6.07) is 8.09. The van der Waals surface area contributed by atoms with Crippen molar-refractivity contribution >= 4 is 51.7 Å². The van der Waals surface area contributed by atoms with Gasteiger partial charge in [0.25, 0.3) is 12.3 Å². The normalized spacial score (nSPS) is 25.8. The number of halogens is 2. The molecule has 6 aliphatic rings. The van der Waals surface area contributed by atoms with E-state index in [9.17, 15) is 28.0 Å². The van der Waals surface area contributed by atoms with Gasteiger partial charge in [-0.2, -0.15) is 15.3 Å². The number of anilines is 2. The highest BCUT2D eigenvalue weighted by Gasteiger charge is 2.46. The van der Waals surface area contributed by atoms with E-state index in [0.29, 0.717) is 50.8 Å². The average Bonchev–Trinajstić information content (AvgIpc) is 4.14. The van der Waals surface area contributed by atoms with Crippen LogP contribution < -0.4 is 15.5 Å². The molecule has 2 bridgehead atoms. The molecule has 1 saturated carbocycles.